The summed E-state index contributed by atoms with van der Waals surface area (Å²) in [6.07, 6.45) is 7.52. The highest BCUT2D eigenvalue weighted by molar-refractivity contribution is 7.91. The molecule has 5 heteroatoms. The lowest BCUT2D eigenvalue weighted by molar-refractivity contribution is -0.185. The lowest BCUT2D eigenvalue weighted by Crippen LogP contribution is -2.64. The topological polar surface area (TPSA) is 55.4 Å². The second-order valence-electron chi connectivity index (χ2n) is 6.33. The fourth-order valence-corrected chi connectivity index (χ4v) is 5.74. The smallest absolute Gasteiger partial charge is 0.153 e. The zero-order valence-corrected chi connectivity index (χ0v) is 11.7. The third-order valence-electron chi connectivity index (χ3n) is 4.66. The number of sulfone groups is 1. The van der Waals surface area contributed by atoms with Crippen LogP contribution in [0.4, 0.5) is 0 Å². The van der Waals surface area contributed by atoms with Crippen LogP contribution in [0.2, 0.25) is 0 Å². The highest BCUT2D eigenvalue weighted by Gasteiger charge is 2.49. The van der Waals surface area contributed by atoms with Crippen LogP contribution in [-0.2, 0) is 14.6 Å². The zero-order chi connectivity index (χ0) is 12.7. The summed E-state index contributed by atoms with van der Waals surface area (Å²) in [5.41, 5.74) is -0.518. The maximum Gasteiger partial charge on any atom is 0.153 e. The molecule has 1 unspecified atom stereocenters. The highest BCUT2D eigenvalue weighted by Crippen LogP contribution is 2.40. The molecule has 0 bridgehead atoms. The molecule has 2 spiro atoms. The highest BCUT2D eigenvalue weighted by atomic mass is 32.2. The third-order valence-corrected chi connectivity index (χ3v) is 6.54. The van der Waals surface area contributed by atoms with Gasteiger partial charge in [-0.1, -0.05) is 19.3 Å². The van der Waals surface area contributed by atoms with Gasteiger partial charge in [0.25, 0.3) is 0 Å². The Morgan fingerprint density at radius 3 is 2.28 bits per heavy atom. The Balaban J connectivity index is 1.80. The fourth-order valence-electron chi connectivity index (χ4n) is 3.90. The maximum atomic E-state index is 11.9. The van der Waals surface area contributed by atoms with E-state index in [2.05, 4.69) is 5.32 Å². The Kier molecular flexibility index (Phi) is 3.19. The summed E-state index contributed by atoms with van der Waals surface area (Å²) in [4.78, 5) is 0. The minimum Gasteiger partial charge on any atom is -0.365 e. The van der Waals surface area contributed by atoms with Crippen molar-refractivity contribution in [3.05, 3.63) is 0 Å². The molecule has 2 aliphatic heterocycles. The molecule has 2 saturated heterocycles. The van der Waals surface area contributed by atoms with Gasteiger partial charge in [-0.2, -0.15) is 0 Å². The molecule has 3 fully saturated rings. The first-order valence-corrected chi connectivity index (χ1v) is 8.97. The van der Waals surface area contributed by atoms with E-state index in [0.717, 1.165) is 32.2 Å². The first-order chi connectivity index (χ1) is 8.54. The molecule has 4 nitrogen and oxygen atoms in total. The minimum absolute atomic E-state index is 0.0800. The summed E-state index contributed by atoms with van der Waals surface area (Å²) < 4.78 is 30.2. The van der Waals surface area contributed by atoms with E-state index in [1.54, 1.807) is 0 Å². The summed E-state index contributed by atoms with van der Waals surface area (Å²) in [7, 11) is -2.91. The molecule has 0 aromatic heterocycles. The van der Waals surface area contributed by atoms with Gasteiger partial charge in [-0.05, 0) is 25.7 Å². The molecule has 1 aliphatic carbocycles. The van der Waals surface area contributed by atoms with Gasteiger partial charge in [0.2, 0.25) is 0 Å². The van der Waals surface area contributed by atoms with E-state index in [1.807, 2.05) is 0 Å². The van der Waals surface area contributed by atoms with Crippen molar-refractivity contribution >= 4 is 9.84 Å². The van der Waals surface area contributed by atoms with Gasteiger partial charge in [0.1, 0.15) is 0 Å². The zero-order valence-electron chi connectivity index (χ0n) is 10.9. The van der Waals surface area contributed by atoms with Crippen LogP contribution in [-0.4, -0.2) is 44.2 Å². The van der Waals surface area contributed by atoms with Gasteiger partial charge >= 0.3 is 0 Å². The van der Waals surface area contributed by atoms with Crippen molar-refractivity contribution in [3.63, 3.8) is 0 Å². The summed E-state index contributed by atoms with van der Waals surface area (Å²) in [6.45, 7) is 1.60. The van der Waals surface area contributed by atoms with Crippen molar-refractivity contribution < 1.29 is 13.2 Å². The van der Waals surface area contributed by atoms with Gasteiger partial charge in [-0.3, -0.25) is 0 Å². The average molecular weight is 273 g/mol. The van der Waals surface area contributed by atoms with E-state index in [4.69, 9.17) is 4.74 Å². The van der Waals surface area contributed by atoms with Crippen molar-refractivity contribution in [3.8, 4) is 0 Å². The fraction of sp³-hybridized carbons (Fsp3) is 1.00. The predicted octanol–water partition coefficient (Wildman–Crippen LogP) is 1.26. The molecule has 1 saturated carbocycles. The summed E-state index contributed by atoms with van der Waals surface area (Å²) in [5, 5.41) is 3.45. The van der Waals surface area contributed by atoms with Gasteiger partial charge < -0.3 is 10.1 Å². The molecule has 1 N–H and O–H groups in total. The number of hydrogen-bond donors (Lipinski definition) is 1. The van der Waals surface area contributed by atoms with E-state index >= 15 is 0 Å². The number of morpholine rings is 1. The number of hydrogen-bond acceptors (Lipinski definition) is 4. The van der Waals surface area contributed by atoms with E-state index < -0.39 is 15.4 Å². The molecule has 3 rings (SSSR count). The quantitative estimate of drug-likeness (QED) is 0.722. The third kappa shape index (κ3) is 2.45. The maximum absolute atomic E-state index is 11.9. The van der Waals surface area contributed by atoms with E-state index in [1.165, 1.54) is 19.3 Å². The Hall–Kier alpha value is -0.130. The average Bonchev–Trinajstić information content (AvgIpc) is 2.28. The number of ether oxygens (including phenoxy) is 1. The first-order valence-electron chi connectivity index (χ1n) is 7.15. The second kappa shape index (κ2) is 4.46. The summed E-state index contributed by atoms with van der Waals surface area (Å²) in [6, 6.07) is 0. The molecule has 104 valence electrons. The summed E-state index contributed by atoms with van der Waals surface area (Å²) in [5.74, 6) is 0.555. The molecule has 18 heavy (non-hydrogen) atoms. The van der Waals surface area contributed by atoms with Crippen LogP contribution in [0, 0.1) is 0 Å². The van der Waals surface area contributed by atoms with Gasteiger partial charge in [0.05, 0.1) is 22.7 Å². The van der Waals surface area contributed by atoms with Crippen LogP contribution < -0.4 is 5.32 Å². The van der Waals surface area contributed by atoms with E-state index in [0.29, 0.717) is 12.3 Å². The van der Waals surface area contributed by atoms with Crippen molar-refractivity contribution in [1.29, 1.82) is 0 Å². The molecule has 0 amide bonds. The molecule has 2 heterocycles. The van der Waals surface area contributed by atoms with E-state index in [9.17, 15) is 8.42 Å². The molecule has 0 aromatic rings. The second-order valence-corrected chi connectivity index (χ2v) is 8.51. The standard InChI is InChI=1S/C13H23NO3S/c15-18(16)8-4-7-13(11-18)10-14-9-12(17-13)5-2-1-3-6-12/h14H,1-11H2. The van der Waals surface area contributed by atoms with Gasteiger partial charge in [0, 0.05) is 13.1 Å². The van der Waals surface area contributed by atoms with Gasteiger partial charge in [-0.25, -0.2) is 8.42 Å². The van der Waals surface area contributed by atoms with Crippen LogP contribution in [0.15, 0.2) is 0 Å². The molecule has 0 aromatic carbocycles. The van der Waals surface area contributed by atoms with Crippen LogP contribution >= 0.6 is 0 Å². The molecule has 3 aliphatic rings. The Morgan fingerprint density at radius 1 is 0.889 bits per heavy atom. The molecular formula is C13H23NO3S. The Morgan fingerprint density at radius 2 is 1.56 bits per heavy atom. The largest absolute Gasteiger partial charge is 0.365 e. The molecular weight excluding hydrogens is 250 g/mol. The van der Waals surface area contributed by atoms with Crippen LogP contribution in [0.1, 0.15) is 44.9 Å². The molecule has 1 atom stereocenters. The van der Waals surface area contributed by atoms with Gasteiger partial charge in [0.15, 0.2) is 9.84 Å². The Labute approximate surface area is 109 Å². The van der Waals surface area contributed by atoms with Crippen molar-refractivity contribution in [2.45, 2.75) is 56.1 Å². The predicted molar refractivity (Wildman–Crippen MR) is 70.4 cm³/mol. The monoisotopic (exact) mass is 273 g/mol. The molecule has 0 radical (unpaired) electrons. The van der Waals surface area contributed by atoms with E-state index in [-0.39, 0.29) is 11.4 Å². The van der Waals surface area contributed by atoms with Gasteiger partial charge in [-0.15, -0.1) is 0 Å². The first kappa shape index (κ1) is 12.9. The van der Waals surface area contributed by atoms with Crippen LogP contribution in [0.5, 0.6) is 0 Å². The van der Waals surface area contributed by atoms with Crippen molar-refractivity contribution in [1.82, 2.24) is 5.32 Å². The summed E-state index contributed by atoms with van der Waals surface area (Å²) >= 11 is 0. The minimum atomic E-state index is -2.91. The van der Waals surface area contributed by atoms with Crippen LogP contribution in [0.25, 0.3) is 0 Å². The SMILES string of the molecule is O=S1(=O)CCCC2(CNCC3(CCCCC3)O2)C1. The number of rotatable bonds is 0. The normalized spacial score (nSPS) is 38.9. The lowest BCUT2D eigenvalue weighted by Gasteiger charge is -2.51. The number of nitrogens with one attached hydrogen (secondary N) is 1. The Bertz CT molecular complexity index is 404. The van der Waals surface area contributed by atoms with Crippen LogP contribution in [0.3, 0.4) is 0 Å². The van der Waals surface area contributed by atoms with Crippen molar-refractivity contribution in [2.75, 3.05) is 24.6 Å². The van der Waals surface area contributed by atoms with Crippen molar-refractivity contribution in [2.24, 2.45) is 0 Å². The lowest BCUT2D eigenvalue weighted by atomic mass is 9.81.